The lowest BCUT2D eigenvalue weighted by molar-refractivity contribution is 0.332. The minimum atomic E-state index is -4.19. The summed E-state index contributed by atoms with van der Waals surface area (Å²) in [6, 6.07) is 10.7. The van der Waals surface area contributed by atoms with Crippen molar-refractivity contribution >= 4 is 10.0 Å². The standard InChI is InChI=1S/C17H14F2N2O3S/c1-10-3-2-4-12(7-10)17-16(14(9-18)24-21-17)11-5-6-15(13(19)8-11)25(20,22)23/h2-8H,9H2,1H3,(H2,20,22,23). The van der Waals surface area contributed by atoms with Crippen LogP contribution in [-0.2, 0) is 16.7 Å². The summed E-state index contributed by atoms with van der Waals surface area (Å²) in [5, 5.41) is 8.86. The largest absolute Gasteiger partial charge is 0.357 e. The number of primary sulfonamides is 1. The number of nitrogens with two attached hydrogens (primary N) is 1. The van der Waals surface area contributed by atoms with Crippen molar-refractivity contribution < 1.29 is 21.7 Å². The Hall–Kier alpha value is -2.58. The maximum atomic E-state index is 14.2. The number of rotatable bonds is 4. The van der Waals surface area contributed by atoms with E-state index in [-0.39, 0.29) is 16.9 Å². The molecule has 130 valence electrons. The Labute approximate surface area is 143 Å². The fourth-order valence-electron chi connectivity index (χ4n) is 2.59. The molecule has 3 aromatic rings. The third-order valence-corrected chi connectivity index (χ3v) is 4.65. The molecular formula is C17H14F2N2O3S. The van der Waals surface area contributed by atoms with Gasteiger partial charge in [0.2, 0.25) is 10.0 Å². The molecule has 1 heterocycles. The summed E-state index contributed by atoms with van der Waals surface area (Å²) >= 11 is 0. The average Bonchev–Trinajstić information content (AvgIpc) is 2.97. The van der Waals surface area contributed by atoms with E-state index >= 15 is 0 Å². The number of nitrogens with zero attached hydrogens (tertiary/aromatic N) is 1. The molecule has 8 heteroatoms. The molecule has 25 heavy (non-hydrogen) atoms. The summed E-state index contributed by atoms with van der Waals surface area (Å²) < 4.78 is 55.2. The molecule has 0 amide bonds. The molecule has 0 atom stereocenters. The average molecular weight is 364 g/mol. The number of hydrogen-bond donors (Lipinski definition) is 1. The molecule has 1 aromatic heterocycles. The van der Waals surface area contributed by atoms with Crippen LogP contribution in [0.3, 0.4) is 0 Å². The number of aryl methyl sites for hydroxylation is 1. The molecule has 0 bridgehead atoms. The van der Waals surface area contributed by atoms with Gasteiger partial charge >= 0.3 is 0 Å². The molecule has 0 aliphatic rings. The summed E-state index contributed by atoms with van der Waals surface area (Å²) in [7, 11) is -4.19. The fourth-order valence-corrected chi connectivity index (χ4v) is 3.18. The van der Waals surface area contributed by atoms with E-state index < -0.39 is 27.4 Å². The fraction of sp³-hybridized carbons (Fsp3) is 0.118. The van der Waals surface area contributed by atoms with Crippen LogP contribution in [0.25, 0.3) is 22.4 Å². The normalized spacial score (nSPS) is 11.7. The highest BCUT2D eigenvalue weighted by Gasteiger charge is 2.22. The van der Waals surface area contributed by atoms with Crippen molar-refractivity contribution in [2.45, 2.75) is 18.5 Å². The highest BCUT2D eigenvalue weighted by Crippen LogP contribution is 2.36. The van der Waals surface area contributed by atoms with Gasteiger partial charge < -0.3 is 4.52 Å². The first kappa shape index (κ1) is 17.2. The monoisotopic (exact) mass is 364 g/mol. The number of hydrogen-bond acceptors (Lipinski definition) is 4. The molecule has 0 spiro atoms. The Kier molecular flexibility index (Phi) is 4.40. The zero-order chi connectivity index (χ0) is 18.2. The van der Waals surface area contributed by atoms with Gasteiger partial charge in [0, 0.05) is 5.56 Å². The maximum absolute atomic E-state index is 14.2. The molecule has 0 fully saturated rings. The number of alkyl halides is 1. The van der Waals surface area contributed by atoms with Gasteiger partial charge in [-0.1, -0.05) is 35.0 Å². The van der Waals surface area contributed by atoms with Crippen LogP contribution in [0.4, 0.5) is 8.78 Å². The number of halogens is 2. The number of aromatic nitrogens is 1. The van der Waals surface area contributed by atoms with Crippen LogP contribution in [0, 0.1) is 12.7 Å². The molecule has 2 N–H and O–H groups in total. The van der Waals surface area contributed by atoms with Crippen molar-refractivity contribution in [1.29, 1.82) is 0 Å². The molecule has 0 unspecified atom stereocenters. The molecule has 0 aliphatic heterocycles. The lowest BCUT2D eigenvalue weighted by atomic mass is 9.98. The van der Waals surface area contributed by atoms with Gasteiger partial charge in [0.05, 0.1) is 5.56 Å². The predicted octanol–water partition coefficient (Wildman–Crippen LogP) is 3.57. The van der Waals surface area contributed by atoms with Crippen LogP contribution in [0.2, 0.25) is 0 Å². The van der Waals surface area contributed by atoms with Crippen molar-refractivity contribution in [3.63, 3.8) is 0 Å². The summed E-state index contributed by atoms with van der Waals surface area (Å²) in [6.07, 6.45) is 0. The van der Waals surface area contributed by atoms with Crippen LogP contribution in [0.1, 0.15) is 11.3 Å². The lowest BCUT2D eigenvalue weighted by Crippen LogP contribution is -2.14. The second kappa shape index (κ2) is 6.38. The first-order valence-corrected chi connectivity index (χ1v) is 8.80. The Morgan fingerprint density at radius 1 is 1.16 bits per heavy atom. The van der Waals surface area contributed by atoms with E-state index in [1.807, 2.05) is 25.1 Å². The first-order valence-electron chi connectivity index (χ1n) is 7.25. The lowest BCUT2D eigenvalue weighted by Gasteiger charge is -2.07. The van der Waals surface area contributed by atoms with Gasteiger partial charge in [0.1, 0.15) is 16.4 Å². The van der Waals surface area contributed by atoms with E-state index in [1.165, 1.54) is 6.07 Å². The van der Waals surface area contributed by atoms with Crippen molar-refractivity contribution in [3.8, 4) is 22.4 Å². The van der Waals surface area contributed by atoms with Crippen LogP contribution < -0.4 is 5.14 Å². The van der Waals surface area contributed by atoms with E-state index in [2.05, 4.69) is 5.16 Å². The Morgan fingerprint density at radius 3 is 2.52 bits per heavy atom. The SMILES string of the molecule is Cc1cccc(-c2noc(CF)c2-c2ccc(S(N)(=O)=O)c(F)c2)c1. The van der Waals surface area contributed by atoms with E-state index in [0.717, 1.165) is 17.7 Å². The molecular weight excluding hydrogens is 350 g/mol. The van der Waals surface area contributed by atoms with Gasteiger partial charge in [-0.25, -0.2) is 22.3 Å². The number of sulfonamides is 1. The molecule has 0 saturated heterocycles. The Bertz CT molecular complexity index is 1050. The van der Waals surface area contributed by atoms with Gasteiger partial charge in [0.25, 0.3) is 0 Å². The third-order valence-electron chi connectivity index (χ3n) is 3.70. The molecule has 5 nitrogen and oxygen atoms in total. The zero-order valence-electron chi connectivity index (χ0n) is 13.2. The molecule has 3 rings (SSSR count). The zero-order valence-corrected chi connectivity index (χ0v) is 14.0. The van der Waals surface area contributed by atoms with Crippen molar-refractivity contribution in [2.75, 3.05) is 0 Å². The minimum absolute atomic E-state index is 0.0701. The molecule has 0 saturated carbocycles. The van der Waals surface area contributed by atoms with E-state index in [0.29, 0.717) is 11.3 Å². The van der Waals surface area contributed by atoms with Crippen molar-refractivity contribution in [2.24, 2.45) is 5.14 Å². The molecule has 2 aromatic carbocycles. The van der Waals surface area contributed by atoms with E-state index in [9.17, 15) is 17.2 Å². The second-order valence-electron chi connectivity index (χ2n) is 5.52. The topological polar surface area (TPSA) is 86.2 Å². The third kappa shape index (κ3) is 3.31. The summed E-state index contributed by atoms with van der Waals surface area (Å²) in [5.74, 6) is -1.10. The van der Waals surface area contributed by atoms with E-state index in [4.69, 9.17) is 9.66 Å². The maximum Gasteiger partial charge on any atom is 0.240 e. The van der Waals surface area contributed by atoms with Crippen LogP contribution in [-0.4, -0.2) is 13.6 Å². The molecule has 0 radical (unpaired) electrons. The second-order valence-corrected chi connectivity index (χ2v) is 7.05. The summed E-state index contributed by atoms with van der Waals surface area (Å²) in [6.45, 7) is 0.951. The smallest absolute Gasteiger partial charge is 0.240 e. The first-order chi connectivity index (χ1) is 11.8. The van der Waals surface area contributed by atoms with Gasteiger partial charge in [0.15, 0.2) is 12.4 Å². The Balaban J connectivity index is 2.21. The number of benzene rings is 2. The van der Waals surface area contributed by atoms with Gasteiger partial charge in [-0.05, 0) is 30.7 Å². The quantitative estimate of drug-likeness (QED) is 0.767. The van der Waals surface area contributed by atoms with Crippen molar-refractivity contribution in [3.05, 3.63) is 59.6 Å². The van der Waals surface area contributed by atoms with Crippen LogP contribution in [0.5, 0.6) is 0 Å². The Morgan fingerprint density at radius 2 is 1.92 bits per heavy atom. The summed E-state index contributed by atoms with van der Waals surface area (Å²) in [4.78, 5) is -0.633. The highest BCUT2D eigenvalue weighted by molar-refractivity contribution is 7.89. The minimum Gasteiger partial charge on any atom is -0.357 e. The van der Waals surface area contributed by atoms with E-state index in [1.54, 1.807) is 6.07 Å². The van der Waals surface area contributed by atoms with Gasteiger partial charge in [-0.3, -0.25) is 0 Å². The summed E-state index contributed by atoms with van der Waals surface area (Å²) in [5.41, 5.74) is 2.50. The van der Waals surface area contributed by atoms with Gasteiger partial charge in [-0.15, -0.1) is 0 Å². The predicted molar refractivity (Wildman–Crippen MR) is 88.3 cm³/mol. The van der Waals surface area contributed by atoms with Crippen molar-refractivity contribution in [1.82, 2.24) is 5.16 Å². The van der Waals surface area contributed by atoms with Crippen LogP contribution >= 0.6 is 0 Å². The highest BCUT2D eigenvalue weighted by atomic mass is 32.2. The molecule has 0 aliphatic carbocycles. The van der Waals surface area contributed by atoms with Crippen LogP contribution in [0.15, 0.2) is 51.9 Å². The van der Waals surface area contributed by atoms with Gasteiger partial charge in [-0.2, -0.15) is 0 Å².